The highest BCUT2D eigenvalue weighted by atomic mass is 32.2. The summed E-state index contributed by atoms with van der Waals surface area (Å²) in [6.07, 6.45) is 1.29. The molecule has 0 spiro atoms. The fraction of sp³-hybridized carbons (Fsp3) is 0.308. The Hall–Kier alpha value is -1.73. The fourth-order valence-electron chi connectivity index (χ4n) is 1.94. The molecule has 0 bridgehead atoms. The van der Waals surface area contributed by atoms with Gasteiger partial charge in [-0.1, -0.05) is 19.1 Å². The van der Waals surface area contributed by atoms with Crippen LogP contribution in [0.1, 0.15) is 18.2 Å². The molecule has 0 fully saturated rings. The van der Waals surface area contributed by atoms with Crippen LogP contribution in [0, 0.1) is 12.7 Å². The van der Waals surface area contributed by atoms with Crippen molar-refractivity contribution in [3.63, 3.8) is 0 Å². The minimum Gasteiger partial charge on any atom is -0.281 e. The van der Waals surface area contributed by atoms with Crippen LogP contribution in [0.2, 0.25) is 0 Å². The third-order valence-electron chi connectivity index (χ3n) is 3.00. The minimum atomic E-state index is -3.63. The van der Waals surface area contributed by atoms with Gasteiger partial charge in [0.2, 0.25) is 10.0 Å². The van der Waals surface area contributed by atoms with Crippen molar-refractivity contribution in [3.8, 4) is 0 Å². The molecule has 0 saturated heterocycles. The number of hydrogen-bond acceptors (Lipinski definition) is 3. The Morgan fingerprint density at radius 3 is 2.70 bits per heavy atom. The number of nitrogens with one attached hydrogen (secondary N) is 1. The second-order valence-corrected chi connectivity index (χ2v) is 6.33. The van der Waals surface area contributed by atoms with E-state index in [1.54, 1.807) is 26.0 Å². The first-order valence-corrected chi connectivity index (χ1v) is 7.63. The summed E-state index contributed by atoms with van der Waals surface area (Å²) < 4.78 is 39.5. The van der Waals surface area contributed by atoms with Crippen LogP contribution in [-0.4, -0.2) is 29.5 Å². The summed E-state index contributed by atoms with van der Waals surface area (Å²) in [5.41, 5.74) is 1.10. The first kappa shape index (κ1) is 14.7. The molecule has 1 aromatic carbocycles. The lowest BCUT2D eigenvalue weighted by Gasteiger charge is -2.20. The molecule has 1 N–H and O–H groups in total. The summed E-state index contributed by atoms with van der Waals surface area (Å²) in [4.78, 5) is 0.149. The van der Waals surface area contributed by atoms with E-state index in [1.807, 2.05) is 0 Å². The maximum Gasteiger partial charge on any atom is 0.246 e. The van der Waals surface area contributed by atoms with Gasteiger partial charge in [-0.3, -0.25) is 5.10 Å². The van der Waals surface area contributed by atoms with Crippen molar-refractivity contribution in [1.82, 2.24) is 14.5 Å². The van der Waals surface area contributed by atoms with Gasteiger partial charge < -0.3 is 0 Å². The fourth-order valence-corrected chi connectivity index (χ4v) is 3.50. The average Bonchev–Trinajstić information content (AvgIpc) is 2.83. The third kappa shape index (κ3) is 2.88. The van der Waals surface area contributed by atoms with Crippen LogP contribution >= 0.6 is 0 Å². The van der Waals surface area contributed by atoms with E-state index >= 15 is 0 Å². The zero-order valence-corrected chi connectivity index (χ0v) is 12.1. The molecule has 0 amide bonds. The van der Waals surface area contributed by atoms with E-state index in [1.165, 1.54) is 22.6 Å². The molecule has 108 valence electrons. The quantitative estimate of drug-likeness (QED) is 0.918. The molecule has 2 aromatic rings. The number of benzene rings is 1. The highest BCUT2D eigenvalue weighted by Crippen LogP contribution is 2.20. The predicted octanol–water partition coefficient (Wildman–Crippen LogP) is 2.07. The SMILES string of the molecule is CCN(Cc1cccc(F)c1)S(=O)(=O)c1cn[nH]c1C. The van der Waals surface area contributed by atoms with Crippen LogP contribution in [0.3, 0.4) is 0 Å². The topological polar surface area (TPSA) is 66.1 Å². The van der Waals surface area contributed by atoms with E-state index in [0.29, 0.717) is 17.8 Å². The predicted molar refractivity (Wildman–Crippen MR) is 73.0 cm³/mol. The third-order valence-corrected chi connectivity index (χ3v) is 5.04. The summed E-state index contributed by atoms with van der Waals surface area (Å²) >= 11 is 0. The summed E-state index contributed by atoms with van der Waals surface area (Å²) in [6.45, 7) is 3.81. The van der Waals surface area contributed by atoms with Crippen molar-refractivity contribution in [2.75, 3.05) is 6.54 Å². The molecule has 0 radical (unpaired) electrons. The van der Waals surface area contributed by atoms with E-state index in [9.17, 15) is 12.8 Å². The number of aryl methyl sites for hydroxylation is 1. The molecule has 0 aliphatic carbocycles. The molecule has 2 rings (SSSR count). The van der Waals surface area contributed by atoms with Crippen LogP contribution in [0.25, 0.3) is 0 Å². The summed E-state index contributed by atoms with van der Waals surface area (Å²) in [7, 11) is -3.63. The van der Waals surface area contributed by atoms with Gasteiger partial charge in [-0.2, -0.15) is 9.40 Å². The number of rotatable bonds is 5. The lowest BCUT2D eigenvalue weighted by atomic mass is 10.2. The Balaban J connectivity index is 2.31. The standard InChI is InChI=1S/C13H16FN3O2S/c1-3-17(9-11-5-4-6-12(14)7-11)20(18,19)13-8-15-16-10(13)2/h4-8H,3,9H2,1-2H3,(H,15,16). The van der Waals surface area contributed by atoms with Gasteiger partial charge >= 0.3 is 0 Å². The van der Waals surface area contributed by atoms with E-state index in [-0.39, 0.29) is 17.3 Å². The van der Waals surface area contributed by atoms with Crippen molar-refractivity contribution in [2.24, 2.45) is 0 Å². The monoisotopic (exact) mass is 297 g/mol. The molecule has 1 heterocycles. The lowest BCUT2D eigenvalue weighted by molar-refractivity contribution is 0.422. The van der Waals surface area contributed by atoms with E-state index in [4.69, 9.17) is 0 Å². The molecule has 7 heteroatoms. The van der Waals surface area contributed by atoms with Crippen LogP contribution in [0.5, 0.6) is 0 Å². The largest absolute Gasteiger partial charge is 0.281 e. The second-order valence-electron chi connectivity index (χ2n) is 4.42. The molecule has 0 aliphatic heterocycles. The number of halogens is 1. The molecule has 0 atom stereocenters. The summed E-state index contributed by atoms with van der Waals surface area (Å²) in [5.74, 6) is -0.379. The second kappa shape index (κ2) is 5.72. The van der Waals surface area contributed by atoms with Gasteiger partial charge in [-0.05, 0) is 24.6 Å². The first-order chi connectivity index (χ1) is 9.45. The van der Waals surface area contributed by atoms with Crippen molar-refractivity contribution in [3.05, 3.63) is 47.5 Å². The number of sulfonamides is 1. The van der Waals surface area contributed by atoms with Gasteiger partial charge in [-0.15, -0.1) is 0 Å². The molecule has 1 aromatic heterocycles. The van der Waals surface area contributed by atoms with Gasteiger partial charge in [0.05, 0.1) is 11.9 Å². The Kier molecular flexibility index (Phi) is 4.20. The molecule has 0 saturated carbocycles. The Bertz CT molecular complexity index is 697. The molecular formula is C13H16FN3O2S. The van der Waals surface area contributed by atoms with Crippen LogP contribution in [0.15, 0.2) is 35.4 Å². The van der Waals surface area contributed by atoms with Crippen molar-refractivity contribution >= 4 is 10.0 Å². The van der Waals surface area contributed by atoms with E-state index in [2.05, 4.69) is 10.2 Å². The van der Waals surface area contributed by atoms with Gasteiger partial charge in [0.25, 0.3) is 0 Å². The van der Waals surface area contributed by atoms with Crippen molar-refractivity contribution in [1.29, 1.82) is 0 Å². The minimum absolute atomic E-state index is 0.126. The summed E-state index contributed by atoms with van der Waals surface area (Å²) in [6, 6.07) is 5.92. The maximum absolute atomic E-state index is 13.2. The summed E-state index contributed by atoms with van der Waals surface area (Å²) in [5, 5.41) is 6.35. The molecule has 0 aliphatic rings. The highest BCUT2D eigenvalue weighted by Gasteiger charge is 2.26. The zero-order valence-electron chi connectivity index (χ0n) is 11.3. The number of H-pyrrole nitrogens is 1. The molecule has 5 nitrogen and oxygen atoms in total. The first-order valence-electron chi connectivity index (χ1n) is 6.19. The van der Waals surface area contributed by atoms with E-state index in [0.717, 1.165) is 0 Å². The smallest absolute Gasteiger partial charge is 0.246 e. The van der Waals surface area contributed by atoms with E-state index < -0.39 is 10.0 Å². The van der Waals surface area contributed by atoms with Gasteiger partial charge in [0.1, 0.15) is 10.7 Å². The number of aromatic nitrogens is 2. The Morgan fingerprint density at radius 2 is 2.15 bits per heavy atom. The number of nitrogens with zero attached hydrogens (tertiary/aromatic N) is 2. The molecular weight excluding hydrogens is 281 g/mol. The van der Waals surface area contributed by atoms with Gasteiger partial charge in [0, 0.05) is 13.1 Å². The molecule has 0 unspecified atom stereocenters. The maximum atomic E-state index is 13.2. The normalized spacial score (nSPS) is 12.0. The van der Waals surface area contributed by atoms with Gasteiger partial charge in [-0.25, -0.2) is 12.8 Å². The zero-order chi connectivity index (χ0) is 14.8. The lowest BCUT2D eigenvalue weighted by Crippen LogP contribution is -2.30. The average molecular weight is 297 g/mol. The van der Waals surface area contributed by atoms with Gasteiger partial charge in [0.15, 0.2) is 0 Å². The van der Waals surface area contributed by atoms with Crippen molar-refractivity contribution in [2.45, 2.75) is 25.3 Å². The Labute approximate surface area is 117 Å². The molecule has 20 heavy (non-hydrogen) atoms. The highest BCUT2D eigenvalue weighted by molar-refractivity contribution is 7.89. The van der Waals surface area contributed by atoms with Crippen LogP contribution < -0.4 is 0 Å². The number of hydrogen-bond donors (Lipinski definition) is 1. The Morgan fingerprint density at radius 1 is 1.40 bits per heavy atom. The van der Waals surface area contributed by atoms with Crippen LogP contribution in [0.4, 0.5) is 4.39 Å². The number of aromatic amines is 1. The van der Waals surface area contributed by atoms with Crippen molar-refractivity contribution < 1.29 is 12.8 Å². The van der Waals surface area contributed by atoms with Crippen LogP contribution in [-0.2, 0) is 16.6 Å².